The van der Waals surface area contributed by atoms with Crippen molar-refractivity contribution in [1.82, 2.24) is 4.90 Å². The van der Waals surface area contributed by atoms with Crippen LogP contribution in [-0.4, -0.2) is 39.2 Å². The number of hydrogen-bond donors (Lipinski definition) is 2. The third-order valence-electron chi connectivity index (χ3n) is 3.40. The summed E-state index contributed by atoms with van der Waals surface area (Å²) >= 11 is 4.88. The van der Waals surface area contributed by atoms with Crippen molar-refractivity contribution >= 4 is 45.4 Å². The molecule has 0 aromatic heterocycles. The fourth-order valence-corrected chi connectivity index (χ4v) is 3.96. The van der Waals surface area contributed by atoms with Crippen molar-refractivity contribution in [3.63, 3.8) is 0 Å². The van der Waals surface area contributed by atoms with Gasteiger partial charge in [0.1, 0.15) is 6.04 Å². The largest absolute Gasteiger partial charge is 0.480 e. The second-order valence-electron chi connectivity index (χ2n) is 4.85. The maximum absolute atomic E-state index is 12.5. The summed E-state index contributed by atoms with van der Waals surface area (Å²) in [5, 5.41) is 12.0. The number of halogens is 1. The van der Waals surface area contributed by atoms with E-state index in [9.17, 15) is 14.7 Å². The molecule has 0 spiro atoms. The topological polar surface area (TPSA) is 69.6 Å². The van der Waals surface area contributed by atoms with E-state index in [1.54, 1.807) is 0 Å². The summed E-state index contributed by atoms with van der Waals surface area (Å²) in [5.41, 5.74) is 1.61. The SMILES string of the molecule is CCC1SCC(C(=O)O)N1C(=O)Nc1cc(Br)ccc1C. The predicted molar refractivity (Wildman–Crippen MR) is 87.7 cm³/mol. The Balaban J connectivity index is 2.21. The number of hydrogen-bond acceptors (Lipinski definition) is 3. The Kier molecular flexibility index (Phi) is 5.16. The van der Waals surface area contributed by atoms with E-state index in [4.69, 9.17) is 0 Å². The molecule has 1 aromatic rings. The van der Waals surface area contributed by atoms with E-state index in [0.717, 1.165) is 16.5 Å². The van der Waals surface area contributed by atoms with Crippen LogP contribution in [0.2, 0.25) is 0 Å². The number of aryl methyl sites for hydroxylation is 1. The molecule has 0 aliphatic carbocycles. The highest BCUT2D eigenvalue weighted by Crippen LogP contribution is 2.32. The van der Waals surface area contributed by atoms with E-state index >= 15 is 0 Å². The van der Waals surface area contributed by atoms with Gasteiger partial charge in [-0.25, -0.2) is 9.59 Å². The van der Waals surface area contributed by atoms with Crippen molar-refractivity contribution in [3.8, 4) is 0 Å². The smallest absolute Gasteiger partial charge is 0.327 e. The highest BCUT2D eigenvalue weighted by molar-refractivity contribution is 9.10. The van der Waals surface area contributed by atoms with Crippen molar-refractivity contribution in [3.05, 3.63) is 28.2 Å². The van der Waals surface area contributed by atoms with Gasteiger partial charge in [-0.2, -0.15) is 0 Å². The molecule has 2 rings (SSSR count). The maximum atomic E-state index is 12.5. The van der Waals surface area contributed by atoms with Crippen molar-refractivity contribution in [2.75, 3.05) is 11.1 Å². The number of thioether (sulfide) groups is 1. The van der Waals surface area contributed by atoms with E-state index in [2.05, 4.69) is 21.2 Å². The Morgan fingerprint density at radius 2 is 2.24 bits per heavy atom. The number of amides is 2. The minimum absolute atomic E-state index is 0.0986. The van der Waals surface area contributed by atoms with Crippen molar-refractivity contribution in [2.24, 2.45) is 0 Å². The van der Waals surface area contributed by atoms with Crippen molar-refractivity contribution in [2.45, 2.75) is 31.7 Å². The number of aliphatic carboxylic acids is 1. The second-order valence-corrected chi connectivity index (χ2v) is 6.97. The molecule has 7 heteroatoms. The number of carboxylic acid groups (broad SMARTS) is 1. The Bertz CT molecular complexity index is 567. The number of urea groups is 1. The number of carboxylic acids is 1. The van der Waals surface area contributed by atoms with Gasteiger partial charge < -0.3 is 10.4 Å². The van der Waals surface area contributed by atoms with Gasteiger partial charge in [0.2, 0.25) is 0 Å². The lowest BCUT2D eigenvalue weighted by Gasteiger charge is -2.27. The van der Waals surface area contributed by atoms with E-state index in [1.807, 2.05) is 32.0 Å². The molecule has 1 aliphatic rings. The lowest BCUT2D eigenvalue weighted by Crippen LogP contribution is -2.47. The van der Waals surface area contributed by atoms with Gasteiger partial charge in [-0.15, -0.1) is 11.8 Å². The van der Waals surface area contributed by atoms with Gasteiger partial charge >= 0.3 is 12.0 Å². The monoisotopic (exact) mass is 372 g/mol. The van der Waals surface area contributed by atoms with Gasteiger partial charge in [0.05, 0.1) is 5.37 Å². The Hall–Kier alpha value is -1.21. The quantitative estimate of drug-likeness (QED) is 0.851. The molecule has 1 fully saturated rings. The van der Waals surface area contributed by atoms with E-state index in [0.29, 0.717) is 11.4 Å². The number of anilines is 1. The average Bonchev–Trinajstić information content (AvgIpc) is 2.87. The third-order valence-corrected chi connectivity index (χ3v) is 5.35. The Labute approximate surface area is 136 Å². The first-order valence-corrected chi connectivity index (χ1v) is 8.48. The van der Waals surface area contributed by atoms with Crippen LogP contribution in [0.4, 0.5) is 10.5 Å². The molecule has 21 heavy (non-hydrogen) atoms. The number of nitrogens with one attached hydrogen (secondary N) is 1. The molecule has 1 heterocycles. The molecule has 2 unspecified atom stereocenters. The van der Waals surface area contributed by atoms with Crippen LogP contribution in [0.25, 0.3) is 0 Å². The Morgan fingerprint density at radius 1 is 1.52 bits per heavy atom. The summed E-state index contributed by atoms with van der Waals surface area (Å²) in [5.74, 6) is -0.529. The standard InChI is InChI=1S/C14H17BrN2O3S/c1-3-12-17(11(7-21-12)13(18)19)14(20)16-10-6-9(15)5-4-8(10)2/h4-6,11-12H,3,7H2,1-2H3,(H,16,20)(H,18,19). The first-order valence-electron chi connectivity index (χ1n) is 6.64. The van der Waals surface area contributed by atoms with Gasteiger partial charge in [-0.05, 0) is 31.0 Å². The van der Waals surface area contributed by atoms with Gasteiger partial charge in [0, 0.05) is 15.9 Å². The van der Waals surface area contributed by atoms with Gasteiger partial charge in [0.25, 0.3) is 0 Å². The number of carbonyl (C=O) groups excluding carboxylic acids is 1. The molecule has 5 nitrogen and oxygen atoms in total. The van der Waals surface area contributed by atoms with Crippen LogP contribution < -0.4 is 5.32 Å². The molecule has 0 bridgehead atoms. The fourth-order valence-electron chi connectivity index (χ4n) is 2.25. The number of rotatable bonds is 3. The first-order chi connectivity index (χ1) is 9.93. The highest BCUT2D eigenvalue weighted by Gasteiger charge is 2.40. The van der Waals surface area contributed by atoms with Crippen LogP contribution in [0, 0.1) is 6.92 Å². The molecule has 1 saturated heterocycles. The maximum Gasteiger partial charge on any atom is 0.327 e. The number of nitrogens with zero attached hydrogens (tertiary/aromatic N) is 1. The molecule has 114 valence electrons. The average molecular weight is 373 g/mol. The van der Waals surface area contributed by atoms with Gasteiger partial charge in [-0.3, -0.25) is 4.90 Å². The lowest BCUT2D eigenvalue weighted by molar-refractivity contribution is -0.141. The molecular formula is C14H17BrN2O3S. The van der Waals surface area contributed by atoms with Crippen LogP contribution in [-0.2, 0) is 4.79 Å². The number of benzene rings is 1. The number of carbonyl (C=O) groups is 2. The zero-order valence-electron chi connectivity index (χ0n) is 11.8. The van der Waals surface area contributed by atoms with Crippen molar-refractivity contribution in [1.29, 1.82) is 0 Å². The molecule has 2 amide bonds. The summed E-state index contributed by atoms with van der Waals surface area (Å²) < 4.78 is 0.862. The van der Waals surface area contributed by atoms with Crippen LogP contribution in [0.15, 0.2) is 22.7 Å². The van der Waals surface area contributed by atoms with Crippen LogP contribution in [0.1, 0.15) is 18.9 Å². The van der Waals surface area contributed by atoms with E-state index in [1.165, 1.54) is 16.7 Å². The zero-order valence-corrected chi connectivity index (χ0v) is 14.2. The lowest BCUT2D eigenvalue weighted by atomic mass is 10.2. The minimum Gasteiger partial charge on any atom is -0.480 e. The minimum atomic E-state index is -0.959. The molecular weight excluding hydrogens is 356 g/mol. The van der Waals surface area contributed by atoms with Crippen LogP contribution in [0.3, 0.4) is 0 Å². The normalized spacial score (nSPS) is 21.4. The fraction of sp³-hybridized carbons (Fsp3) is 0.429. The zero-order chi connectivity index (χ0) is 15.6. The van der Waals surface area contributed by atoms with Gasteiger partial charge in [0.15, 0.2) is 0 Å². The molecule has 1 aliphatic heterocycles. The summed E-state index contributed by atoms with van der Waals surface area (Å²) in [6.07, 6.45) is 0.722. The Morgan fingerprint density at radius 3 is 2.86 bits per heavy atom. The molecule has 0 radical (unpaired) electrons. The van der Waals surface area contributed by atoms with Gasteiger partial charge in [-0.1, -0.05) is 28.9 Å². The summed E-state index contributed by atoms with van der Waals surface area (Å²) in [7, 11) is 0. The molecule has 1 aromatic carbocycles. The van der Waals surface area contributed by atoms with Crippen LogP contribution >= 0.6 is 27.7 Å². The predicted octanol–water partition coefficient (Wildman–Crippen LogP) is 3.53. The van der Waals surface area contributed by atoms with E-state index < -0.39 is 12.0 Å². The summed E-state index contributed by atoms with van der Waals surface area (Å²) in [4.78, 5) is 25.2. The van der Waals surface area contributed by atoms with Crippen LogP contribution in [0.5, 0.6) is 0 Å². The van der Waals surface area contributed by atoms with Crippen molar-refractivity contribution < 1.29 is 14.7 Å². The first kappa shape index (κ1) is 16.2. The second kappa shape index (κ2) is 6.70. The van der Waals surface area contributed by atoms with E-state index in [-0.39, 0.29) is 11.4 Å². The highest BCUT2D eigenvalue weighted by atomic mass is 79.9. The molecule has 2 N–H and O–H groups in total. The summed E-state index contributed by atoms with van der Waals surface area (Å²) in [6.45, 7) is 3.85. The molecule has 0 saturated carbocycles. The third kappa shape index (κ3) is 3.52. The summed E-state index contributed by atoms with van der Waals surface area (Å²) in [6, 6.07) is 4.47. The molecule has 2 atom stereocenters.